The molecule has 3 saturated heterocycles. The van der Waals surface area contributed by atoms with Crippen molar-refractivity contribution in [2.45, 2.75) is 81.7 Å². The summed E-state index contributed by atoms with van der Waals surface area (Å²) >= 11 is 0. The number of halogens is 6. The zero-order valence-electron chi connectivity index (χ0n) is 25.3. The highest BCUT2D eigenvalue weighted by Crippen LogP contribution is 2.58. The number of benzene rings is 1. The second kappa shape index (κ2) is 11.5. The van der Waals surface area contributed by atoms with Crippen molar-refractivity contribution in [2.75, 3.05) is 24.7 Å². The average molecular weight is 653 g/mol. The summed E-state index contributed by atoms with van der Waals surface area (Å²) in [5.74, 6) is 0.534. The van der Waals surface area contributed by atoms with Crippen LogP contribution in [0.3, 0.4) is 0 Å². The first kappa shape index (κ1) is 31.3. The summed E-state index contributed by atoms with van der Waals surface area (Å²) in [6.45, 7) is 3.61. The molecule has 3 unspecified atom stereocenters. The zero-order chi connectivity index (χ0) is 32.4. The number of alkyl halides is 6. The van der Waals surface area contributed by atoms with E-state index in [0.717, 1.165) is 37.0 Å². The molecular weight excluding hydrogens is 618 g/mol. The van der Waals surface area contributed by atoms with Gasteiger partial charge in [0.05, 0.1) is 23.4 Å². The Morgan fingerprint density at radius 1 is 0.957 bits per heavy atom. The van der Waals surface area contributed by atoms with E-state index in [-0.39, 0.29) is 48.0 Å². The van der Waals surface area contributed by atoms with E-state index in [2.05, 4.69) is 26.9 Å². The van der Waals surface area contributed by atoms with Gasteiger partial charge in [-0.3, -0.25) is 9.58 Å². The lowest BCUT2D eigenvalue weighted by Gasteiger charge is -2.30. The van der Waals surface area contributed by atoms with Crippen LogP contribution in [0.2, 0.25) is 0 Å². The van der Waals surface area contributed by atoms with Crippen molar-refractivity contribution in [3.05, 3.63) is 59.7 Å². The highest BCUT2D eigenvalue weighted by atomic mass is 19.4. The molecule has 1 spiro atoms. The van der Waals surface area contributed by atoms with Gasteiger partial charge in [0.1, 0.15) is 0 Å². The van der Waals surface area contributed by atoms with Crippen molar-refractivity contribution in [3.63, 3.8) is 0 Å². The number of nitrogens with zero attached hydrogens (tertiary/aromatic N) is 6. The van der Waals surface area contributed by atoms with Gasteiger partial charge in [-0.15, -0.1) is 0 Å². The van der Waals surface area contributed by atoms with Gasteiger partial charge in [0.15, 0.2) is 12.5 Å². The third kappa shape index (κ3) is 6.21. The van der Waals surface area contributed by atoms with Gasteiger partial charge in [0.25, 0.3) is 0 Å². The van der Waals surface area contributed by atoms with E-state index in [4.69, 9.17) is 14.2 Å². The number of rotatable bonds is 8. The first-order valence-electron chi connectivity index (χ1n) is 15.3. The molecule has 15 heteroatoms. The molecule has 0 amide bonds. The Kier molecular flexibility index (Phi) is 7.81. The highest BCUT2D eigenvalue weighted by molar-refractivity contribution is 5.60. The molecule has 7 rings (SSSR count). The standard InChI is InChI=1S/C31H34F6N6O3/c1-18-10-29(18)11-24(17-43(29)26-27(46-26)45-25-3-5-44-6-4-25)42(28-38-12-20(13-39-28)21-14-40-41(2)16-21)15-19-7-22(30(32,33)34)9-23(8-19)31(35,36)37/h7-9,12-14,16,18,24-27H,3-6,10-11,15,17H2,1-2H3/t18-,24-,26?,27?,29?/m0/s1. The van der Waals surface area contributed by atoms with Gasteiger partial charge in [0.2, 0.25) is 5.95 Å². The quantitative estimate of drug-likeness (QED) is 0.228. The number of epoxide rings is 1. The molecule has 4 aliphatic rings. The Balaban J connectivity index is 1.19. The predicted molar refractivity (Wildman–Crippen MR) is 152 cm³/mol. The van der Waals surface area contributed by atoms with Crippen molar-refractivity contribution < 1.29 is 40.6 Å². The molecule has 3 aromatic rings. The van der Waals surface area contributed by atoms with Gasteiger partial charge in [-0.1, -0.05) is 6.92 Å². The third-order valence-electron chi connectivity index (χ3n) is 9.59. The fourth-order valence-electron chi connectivity index (χ4n) is 6.99. The molecule has 2 aromatic heterocycles. The number of ether oxygens (including phenoxy) is 3. The number of likely N-dealkylation sites (tertiary alicyclic amines) is 1. The van der Waals surface area contributed by atoms with Crippen LogP contribution in [0.25, 0.3) is 11.1 Å². The normalized spacial score (nSPS) is 28.6. The maximum atomic E-state index is 13.8. The number of hydrogen-bond acceptors (Lipinski definition) is 8. The van der Waals surface area contributed by atoms with Crippen molar-refractivity contribution in [1.82, 2.24) is 24.6 Å². The van der Waals surface area contributed by atoms with Crippen LogP contribution >= 0.6 is 0 Å². The second-order valence-corrected chi connectivity index (χ2v) is 12.8. The molecule has 248 valence electrons. The lowest BCUT2D eigenvalue weighted by Crippen LogP contribution is -2.40. The van der Waals surface area contributed by atoms with E-state index in [0.29, 0.717) is 37.7 Å². The summed E-state index contributed by atoms with van der Waals surface area (Å²) in [6.07, 6.45) is -0.840. The topological polar surface area (TPSA) is 81.1 Å². The van der Waals surface area contributed by atoms with E-state index < -0.39 is 29.8 Å². The predicted octanol–water partition coefficient (Wildman–Crippen LogP) is 5.65. The molecule has 1 aromatic carbocycles. The van der Waals surface area contributed by atoms with Crippen LogP contribution in [-0.4, -0.2) is 74.6 Å². The van der Waals surface area contributed by atoms with Crippen LogP contribution in [-0.2, 0) is 40.2 Å². The number of anilines is 1. The summed E-state index contributed by atoms with van der Waals surface area (Å²) in [5.41, 5.74) is -1.62. The molecule has 46 heavy (non-hydrogen) atoms. The lowest BCUT2D eigenvalue weighted by molar-refractivity contribution is -0.143. The first-order chi connectivity index (χ1) is 21.8. The smallest absolute Gasteiger partial charge is 0.381 e. The summed E-state index contributed by atoms with van der Waals surface area (Å²) in [5, 5.41) is 4.16. The zero-order valence-corrected chi connectivity index (χ0v) is 25.3. The van der Waals surface area contributed by atoms with Crippen molar-refractivity contribution >= 4 is 5.95 Å². The largest absolute Gasteiger partial charge is 0.416 e. The van der Waals surface area contributed by atoms with Crippen LogP contribution in [0, 0.1) is 5.92 Å². The van der Waals surface area contributed by atoms with Gasteiger partial charge < -0.3 is 19.1 Å². The van der Waals surface area contributed by atoms with Crippen LogP contribution in [0.4, 0.5) is 32.3 Å². The van der Waals surface area contributed by atoms with Crippen LogP contribution in [0.15, 0.2) is 43.0 Å². The Bertz CT molecular complexity index is 1530. The lowest BCUT2D eigenvalue weighted by atomic mass is 10.0. The number of aryl methyl sites for hydroxylation is 1. The fraction of sp³-hybridized carbons (Fsp3) is 0.581. The van der Waals surface area contributed by atoms with E-state index in [9.17, 15) is 26.3 Å². The molecule has 5 atom stereocenters. The number of aromatic nitrogens is 4. The minimum Gasteiger partial charge on any atom is -0.381 e. The first-order valence-corrected chi connectivity index (χ1v) is 15.3. The van der Waals surface area contributed by atoms with E-state index >= 15 is 0 Å². The van der Waals surface area contributed by atoms with Crippen molar-refractivity contribution in [3.8, 4) is 11.1 Å². The Morgan fingerprint density at radius 2 is 1.61 bits per heavy atom. The summed E-state index contributed by atoms with van der Waals surface area (Å²) in [6, 6.07) is 1.38. The van der Waals surface area contributed by atoms with Gasteiger partial charge in [-0.2, -0.15) is 31.4 Å². The Hall–Kier alpha value is -3.27. The molecule has 0 N–H and O–H groups in total. The van der Waals surface area contributed by atoms with Gasteiger partial charge in [-0.25, -0.2) is 9.97 Å². The van der Waals surface area contributed by atoms with Gasteiger partial charge >= 0.3 is 12.4 Å². The fourth-order valence-corrected chi connectivity index (χ4v) is 6.99. The van der Waals surface area contributed by atoms with E-state index in [1.54, 1.807) is 41.4 Å². The summed E-state index contributed by atoms with van der Waals surface area (Å²) in [4.78, 5) is 13.1. The maximum absolute atomic E-state index is 13.8. The highest BCUT2D eigenvalue weighted by Gasteiger charge is 2.67. The van der Waals surface area contributed by atoms with E-state index in [1.165, 1.54) is 0 Å². The van der Waals surface area contributed by atoms with Crippen LogP contribution in [0.5, 0.6) is 0 Å². The minimum absolute atomic E-state index is 0.0432. The molecule has 4 fully saturated rings. The molecule has 1 aliphatic carbocycles. The maximum Gasteiger partial charge on any atom is 0.416 e. The Morgan fingerprint density at radius 3 is 2.17 bits per heavy atom. The van der Waals surface area contributed by atoms with E-state index in [1.807, 2.05) is 0 Å². The molecule has 0 radical (unpaired) electrons. The minimum atomic E-state index is -4.96. The van der Waals surface area contributed by atoms with Crippen LogP contribution in [0.1, 0.15) is 49.3 Å². The molecule has 1 saturated carbocycles. The molecule has 5 heterocycles. The van der Waals surface area contributed by atoms with Crippen molar-refractivity contribution in [2.24, 2.45) is 13.0 Å². The molecule has 3 aliphatic heterocycles. The van der Waals surface area contributed by atoms with Crippen molar-refractivity contribution in [1.29, 1.82) is 0 Å². The van der Waals surface area contributed by atoms with Gasteiger partial charge in [-0.05, 0) is 55.4 Å². The average Bonchev–Trinajstić information content (AvgIpc) is 3.78. The summed E-state index contributed by atoms with van der Waals surface area (Å²) in [7, 11) is 1.77. The Labute approximate surface area is 261 Å². The van der Waals surface area contributed by atoms with Crippen LogP contribution < -0.4 is 4.90 Å². The molecule has 0 bridgehead atoms. The number of hydrogen-bond donors (Lipinski definition) is 0. The SMILES string of the molecule is C[C@H]1CC12C[C@H](N(Cc1cc(C(F)(F)F)cc(C(F)(F)F)c1)c1ncc(-c3cnn(C)c3)cn1)CN2C1OC1OC1CCOCC1. The second-order valence-electron chi connectivity index (χ2n) is 12.8. The summed E-state index contributed by atoms with van der Waals surface area (Å²) < 4.78 is 102. The third-order valence-corrected chi connectivity index (χ3v) is 9.59. The monoisotopic (exact) mass is 652 g/mol. The van der Waals surface area contributed by atoms with Gasteiger partial charge in [0, 0.05) is 74.6 Å². The molecular formula is C31H34F6N6O3. The molecule has 9 nitrogen and oxygen atoms in total.